The Morgan fingerprint density at radius 1 is 1.30 bits per heavy atom. The first-order chi connectivity index (χ1) is 12.4. The average molecular weight is 484 g/mol. The number of phenolic OH excluding ortho intramolecular Hbond substituents is 1. The lowest BCUT2D eigenvalue weighted by Crippen LogP contribution is -2.15. The SMILES string of the molecule is CCS(=O)(=O)c1cc(Br)cnc1C(=O)Cc1cc(SC(F)(F)F)ccc1O. The van der Waals surface area contributed by atoms with Crippen LogP contribution in [0.25, 0.3) is 0 Å². The van der Waals surface area contributed by atoms with Gasteiger partial charge in [0, 0.05) is 27.5 Å². The summed E-state index contributed by atoms with van der Waals surface area (Å²) in [6.07, 6.45) is 0.747. The molecule has 0 radical (unpaired) electrons. The van der Waals surface area contributed by atoms with Crippen molar-refractivity contribution in [3.8, 4) is 5.75 Å². The van der Waals surface area contributed by atoms with Crippen molar-refractivity contribution in [3.63, 3.8) is 0 Å². The Labute approximate surface area is 166 Å². The normalized spacial score (nSPS) is 12.2. The Hall–Kier alpha value is -1.59. The monoisotopic (exact) mass is 483 g/mol. The predicted octanol–water partition coefficient (Wildman–Crippen LogP) is 4.38. The first-order valence-corrected chi connectivity index (χ1v) is 10.7. The van der Waals surface area contributed by atoms with Crippen LogP contribution in [0.2, 0.25) is 0 Å². The van der Waals surface area contributed by atoms with Crippen LogP contribution < -0.4 is 0 Å². The van der Waals surface area contributed by atoms with Gasteiger partial charge in [-0.15, -0.1) is 0 Å². The zero-order valence-electron chi connectivity index (χ0n) is 13.7. The largest absolute Gasteiger partial charge is 0.508 e. The summed E-state index contributed by atoms with van der Waals surface area (Å²) >= 11 is 2.71. The lowest BCUT2D eigenvalue weighted by atomic mass is 10.1. The molecule has 0 fully saturated rings. The van der Waals surface area contributed by atoms with Crippen molar-refractivity contribution in [1.29, 1.82) is 0 Å². The molecule has 2 rings (SSSR count). The zero-order valence-corrected chi connectivity index (χ0v) is 17.0. The third kappa shape index (κ3) is 5.69. The summed E-state index contributed by atoms with van der Waals surface area (Å²) in [6.45, 7) is 1.41. The van der Waals surface area contributed by atoms with Gasteiger partial charge >= 0.3 is 5.51 Å². The Morgan fingerprint density at radius 3 is 2.56 bits per heavy atom. The van der Waals surface area contributed by atoms with Crippen molar-refractivity contribution in [2.45, 2.75) is 28.6 Å². The molecule has 0 amide bonds. The van der Waals surface area contributed by atoms with Gasteiger partial charge in [0.05, 0.1) is 10.6 Å². The number of carbonyl (C=O) groups excluding carboxylic acids is 1. The maximum Gasteiger partial charge on any atom is 0.446 e. The summed E-state index contributed by atoms with van der Waals surface area (Å²) in [7, 11) is -3.76. The third-order valence-electron chi connectivity index (χ3n) is 3.43. The van der Waals surface area contributed by atoms with Crippen molar-refractivity contribution >= 4 is 43.3 Å². The molecule has 11 heteroatoms. The van der Waals surface area contributed by atoms with Crippen LogP contribution in [0, 0.1) is 0 Å². The van der Waals surface area contributed by atoms with Crippen LogP contribution in [-0.4, -0.2) is 35.6 Å². The second-order valence-electron chi connectivity index (χ2n) is 5.34. The van der Waals surface area contributed by atoms with E-state index in [4.69, 9.17) is 0 Å². The van der Waals surface area contributed by atoms with Gasteiger partial charge in [0.2, 0.25) is 0 Å². The number of sulfone groups is 1. The molecule has 0 aliphatic carbocycles. The van der Waals surface area contributed by atoms with Crippen LogP contribution in [0.4, 0.5) is 13.2 Å². The molecule has 1 aromatic carbocycles. The molecule has 0 unspecified atom stereocenters. The number of phenols is 1. The maximum atomic E-state index is 12.6. The van der Waals surface area contributed by atoms with Gasteiger partial charge in [-0.05, 0) is 52.0 Å². The maximum absolute atomic E-state index is 12.6. The van der Waals surface area contributed by atoms with E-state index in [1.54, 1.807) is 0 Å². The second-order valence-corrected chi connectivity index (χ2v) is 9.64. The molecular formula is C16H13BrF3NO4S2. The zero-order chi connectivity index (χ0) is 20.4. The number of carbonyl (C=O) groups is 1. The number of nitrogens with zero attached hydrogens (tertiary/aromatic N) is 1. The highest BCUT2D eigenvalue weighted by Crippen LogP contribution is 2.38. The molecule has 146 valence electrons. The fourth-order valence-corrected chi connectivity index (χ4v) is 4.35. The van der Waals surface area contributed by atoms with Gasteiger partial charge in [-0.1, -0.05) is 6.92 Å². The number of hydrogen-bond donors (Lipinski definition) is 1. The smallest absolute Gasteiger partial charge is 0.446 e. The fourth-order valence-electron chi connectivity index (χ4n) is 2.18. The van der Waals surface area contributed by atoms with Gasteiger partial charge in [0.25, 0.3) is 0 Å². The number of aromatic hydroxyl groups is 1. The molecule has 0 atom stereocenters. The Morgan fingerprint density at radius 2 is 1.96 bits per heavy atom. The summed E-state index contributed by atoms with van der Waals surface area (Å²) < 4.78 is 62.3. The van der Waals surface area contributed by atoms with Crippen LogP contribution in [0.15, 0.2) is 44.7 Å². The summed E-state index contributed by atoms with van der Waals surface area (Å²) in [4.78, 5) is 16.0. The molecule has 0 bridgehead atoms. The third-order valence-corrected chi connectivity index (χ3v) is 6.33. The molecule has 2 aromatic rings. The highest BCUT2D eigenvalue weighted by atomic mass is 79.9. The molecule has 0 aliphatic rings. The second kappa shape index (κ2) is 8.19. The van der Waals surface area contributed by atoms with Crippen molar-refractivity contribution in [3.05, 3.63) is 46.2 Å². The molecule has 27 heavy (non-hydrogen) atoms. The van der Waals surface area contributed by atoms with E-state index in [0.29, 0.717) is 4.47 Å². The molecular weight excluding hydrogens is 471 g/mol. The highest BCUT2D eigenvalue weighted by Gasteiger charge is 2.30. The van der Waals surface area contributed by atoms with E-state index in [1.807, 2.05) is 0 Å². The standard InChI is InChI=1S/C16H13BrF3NO4S2/c1-2-27(24,25)14-7-10(17)8-21-15(14)13(23)6-9-5-11(3-4-12(9)22)26-16(18,19)20/h3-5,7-8,22H,2,6H2,1H3. The predicted molar refractivity (Wildman–Crippen MR) is 97.7 cm³/mol. The number of pyridine rings is 1. The minimum atomic E-state index is -4.52. The molecule has 0 saturated heterocycles. The number of rotatable bonds is 6. The summed E-state index contributed by atoms with van der Waals surface area (Å²) in [5.74, 6) is -1.36. The van der Waals surface area contributed by atoms with Crippen molar-refractivity contribution in [2.75, 3.05) is 5.75 Å². The Kier molecular flexibility index (Phi) is 6.59. The number of Topliss-reactive ketones (excluding diaryl/α,β-unsaturated/α-hetero) is 1. The van der Waals surface area contributed by atoms with Crippen LogP contribution in [0.3, 0.4) is 0 Å². The molecule has 0 spiro atoms. The average Bonchev–Trinajstić information content (AvgIpc) is 2.56. The van der Waals surface area contributed by atoms with Crippen LogP contribution >= 0.6 is 27.7 Å². The lowest BCUT2D eigenvalue weighted by molar-refractivity contribution is -0.0328. The Bertz CT molecular complexity index is 978. The van der Waals surface area contributed by atoms with Gasteiger partial charge in [-0.2, -0.15) is 13.2 Å². The van der Waals surface area contributed by atoms with Crippen molar-refractivity contribution in [2.24, 2.45) is 0 Å². The molecule has 1 aromatic heterocycles. The van der Waals surface area contributed by atoms with Crippen LogP contribution in [0.1, 0.15) is 23.0 Å². The highest BCUT2D eigenvalue weighted by molar-refractivity contribution is 9.10. The van der Waals surface area contributed by atoms with E-state index in [-0.39, 0.29) is 44.3 Å². The topological polar surface area (TPSA) is 84.3 Å². The first kappa shape index (κ1) is 21.7. The minimum Gasteiger partial charge on any atom is -0.508 e. The van der Waals surface area contributed by atoms with Crippen molar-refractivity contribution < 1.29 is 31.5 Å². The van der Waals surface area contributed by atoms with E-state index < -0.39 is 27.5 Å². The molecule has 1 N–H and O–H groups in total. The summed E-state index contributed by atoms with van der Waals surface area (Å²) in [6, 6.07) is 4.41. The number of alkyl halides is 3. The Balaban J connectivity index is 2.40. The quantitative estimate of drug-likeness (QED) is 0.484. The van der Waals surface area contributed by atoms with E-state index in [0.717, 1.165) is 18.2 Å². The van der Waals surface area contributed by atoms with E-state index >= 15 is 0 Å². The van der Waals surface area contributed by atoms with E-state index in [1.165, 1.54) is 19.2 Å². The molecule has 1 heterocycles. The fraction of sp³-hybridized carbons (Fsp3) is 0.250. The van der Waals surface area contributed by atoms with E-state index in [2.05, 4.69) is 20.9 Å². The van der Waals surface area contributed by atoms with E-state index in [9.17, 15) is 31.5 Å². The number of benzene rings is 1. The summed E-state index contributed by atoms with van der Waals surface area (Å²) in [5, 5.41) is 9.86. The summed E-state index contributed by atoms with van der Waals surface area (Å²) in [5.41, 5.74) is -4.90. The number of thioether (sulfide) groups is 1. The van der Waals surface area contributed by atoms with Crippen LogP contribution in [-0.2, 0) is 16.3 Å². The number of halogens is 4. The molecule has 0 aliphatic heterocycles. The van der Waals surface area contributed by atoms with Crippen molar-refractivity contribution in [1.82, 2.24) is 4.98 Å². The molecule has 5 nitrogen and oxygen atoms in total. The van der Waals surface area contributed by atoms with Gasteiger partial charge < -0.3 is 5.11 Å². The minimum absolute atomic E-state index is 0.0567. The lowest BCUT2D eigenvalue weighted by Gasteiger charge is -2.11. The van der Waals surface area contributed by atoms with Crippen LogP contribution in [0.5, 0.6) is 5.75 Å². The number of hydrogen-bond acceptors (Lipinski definition) is 6. The van der Waals surface area contributed by atoms with Gasteiger partial charge in [0.1, 0.15) is 11.4 Å². The van der Waals surface area contributed by atoms with Gasteiger partial charge in [-0.3, -0.25) is 9.78 Å². The van der Waals surface area contributed by atoms with Gasteiger partial charge in [-0.25, -0.2) is 8.42 Å². The number of ketones is 1. The first-order valence-electron chi connectivity index (χ1n) is 7.42. The number of aromatic nitrogens is 1. The molecule has 0 saturated carbocycles. The van der Waals surface area contributed by atoms with Gasteiger partial charge in [0.15, 0.2) is 15.6 Å².